The Balaban J connectivity index is 1.51. The Morgan fingerprint density at radius 2 is 0.938 bits per heavy atom. The molecule has 48 heavy (non-hydrogen) atoms. The molecule has 1 aliphatic carbocycles. The molecular weight excluding hydrogens is 577 g/mol. The van der Waals surface area contributed by atoms with Crippen molar-refractivity contribution in [3.8, 4) is 33.4 Å². The van der Waals surface area contributed by atoms with E-state index in [9.17, 15) is 13.7 Å². The largest absolute Gasteiger partial charge is 0.0630 e. The number of hydrogen-bond acceptors (Lipinski definition) is 0. The van der Waals surface area contributed by atoms with Gasteiger partial charge in [0.2, 0.25) is 0 Å². The molecule has 0 fully saturated rings. The van der Waals surface area contributed by atoms with Crippen LogP contribution in [0.25, 0.3) is 87.2 Å². The summed E-state index contributed by atoms with van der Waals surface area (Å²) < 4.78 is 210. The van der Waals surface area contributed by atoms with E-state index in [1.807, 2.05) is 48.5 Å². The van der Waals surface area contributed by atoms with Crippen LogP contribution in [0, 0.1) is 0 Å². The first kappa shape index (κ1) is 13.1. The van der Waals surface area contributed by atoms with E-state index in [1.54, 1.807) is 18.2 Å². The van der Waals surface area contributed by atoms with Crippen LogP contribution < -0.4 is 0 Å². The van der Waals surface area contributed by atoms with E-state index >= 15 is 0 Å². The van der Waals surface area contributed by atoms with Crippen LogP contribution in [0.2, 0.25) is 0 Å². The zero-order valence-corrected chi connectivity index (χ0v) is 24.9. The van der Waals surface area contributed by atoms with Crippen LogP contribution in [0.5, 0.6) is 0 Å². The molecule has 0 amide bonds. The highest BCUT2D eigenvalue weighted by molar-refractivity contribution is 6.23. The van der Waals surface area contributed by atoms with E-state index in [0.29, 0.717) is 5.39 Å². The Morgan fingerprint density at radius 1 is 0.396 bits per heavy atom. The van der Waals surface area contributed by atoms with Gasteiger partial charge in [0.1, 0.15) is 0 Å². The van der Waals surface area contributed by atoms with Gasteiger partial charge in [-0.05, 0) is 130 Å². The number of fused-ring (bicyclic) bond motifs is 8. The van der Waals surface area contributed by atoms with Crippen molar-refractivity contribution in [3.05, 3.63) is 168 Å². The maximum atomic E-state index is 9.79. The van der Waals surface area contributed by atoms with Gasteiger partial charge in [-0.3, -0.25) is 0 Å². The lowest BCUT2D eigenvalue weighted by Crippen LogP contribution is -2.07. The highest BCUT2D eigenvalue weighted by Gasteiger charge is 2.23. The molecule has 1 aliphatic rings. The van der Waals surface area contributed by atoms with E-state index in [4.69, 9.17) is 17.8 Å². The van der Waals surface area contributed by atoms with Crippen LogP contribution in [0.1, 0.15) is 55.4 Å². The summed E-state index contributed by atoms with van der Waals surface area (Å²) in [5.41, 5.74) is -6.34. The lowest BCUT2D eigenvalue weighted by atomic mass is 9.78. The molecule has 0 spiro atoms. The molecule has 9 aromatic rings. The fourth-order valence-electron chi connectivity index (χ4n) is 6.82. The quantitative estimate of drug-likeness (QED) is 0.134. The molecule has 0 unspecified atom stereocenters. The molecule has 9 aromatic carbocycles. The van der Waals surface area contributed by atoms with Gasteiger partial charge in [0.25, 0.3) is 0 Å². The van der Waals surface area contributed by atoms with Crippen LogP contribution in [0.15, 0.2) is 157 Å². The Labute approximate surface area is 313 Å². The summed E-state index contributed by atoms with van der Waals surface area (Å²) in [5.74, 6) is 0. The van der Waals surface area contributed by atoms with E-state index < -0.39 is 171 Å². The molecule has 0 heterocycles. The van der Waals surface area contributed by atoms with Crippen molar-refractivity contribution < 1.29 is 31.5 Å². The summed E-state index contributed by atoms with van der Waals surface area (Å²) in [5, 5.41) is 2.74. The minimum atomic E-state index is -3.94. The van der Waals surface area contributed by atoms with Crippen LogP contribution in [-0.4, -0.2) is 0 Å². The average Bonchev–Trinajstić information content (AvgIpc) is 3.34. The van der Waals surface area contributed by atoms with E-state index in [-0.39, 0.29) is 11.1 Å². The molecule has 0 aromatic heterocycles. The fourth-order valence-corrected chi connectivity index (χ4v) is 6.82. The second-order valence-corrected chi connectivity index (χ2v) is 11.4. The molecule has 0 nitrogen and oxygen atoms in total. The van der Waals surface area contributed by atoms with Crippen molar-refractivity contribution in [2.45, 2.75) is 25.5 Å². The highest BCUT2D eigenvalue weighted by Crippen LogP contribution is 2.47. The average molecular weight is 634 g/mol. The molecule has 0 radical (unpaired) electrons. The topological polar surface area (TPSA) is 0 Å². The van der Waals surface area contributed by atoms with Crippen molar-refractivity contribution in [1.82, 2.24) is 0 Å². The molecule has 0 atom stereocenters. The zero-order chi connectivity index (χ0) is 51.8. The van der Waals surface area contributed by atoms with E-state index in [1.165, 1.54) is 0 Å². The number of rotatable bonds is 3. The predicted molar refractivity (Wildman–Crippen MR) is 207 cm³/mol. The summed E-state index contributed by atoms with van der Waals surface area (Å²) in [6, 6.07) is 6.02. The summed E-state index contributed by atoms with van der Waals surface area (Å²) in [6.07, 6.45) is -15.5. The molecule has 0 saturated carbocycles. The van der Waals surface area contributed by atoms with Gasteiger partial charge in [-0.15, -0.1) is 0 Å². The SMILES string of the molecule is [2H]c1c([2H])c([2H])c(-c2c([2H])c([2H])c(-c3c4c([2H])c([2H])c([2H])c([2H])c4c(-c4ccc5ccc6c7ccccc7ccc6c5c4)c4c([2H])c([2H])c([2H])c([2H])c34)c3c2C([2H])([2H])C([2H])([2H])C([2H])([2H])C3([2H])[2H])c([2H])c1[2H]. The third-order valence-corrected chi connectivity index (χ3v) is 8.91. The smallest absolute Gasteiger partial charge is 0.0622 e. The third kappa shape index (κ3) is 4.16. The van der Waals surface area contributed by atoms with Crippen molar-refractivity contribution in [2.75, 3.05) is 0 Å². The van der Waals surface area contributed by atoms with Gasteiger partial charge in [0.15, 0.2) is 0 Å². The Bertz CT molecular complexity index is 3840. The minimum Gasteiger partial charge on any atom is -0.0622 e. The number of benzene rings is 9. The lowest BCUT2D eigenvalue weighted by molar-refractivity contribution is 0.688. The summed E-state index contributed by atoms with van der Waals surface area (Å²) in [4.78, 5) is 0. The summed E-state index contributed by atoms with van der Waals surface area (Å²) >= 11 is 0. The van der Waals surface area contributed by atoms with Crippen molar-refractivity contribution in [3.63, 3.8) is 0 Å². The monoisotopic (exact) mass is 633 g/mol. The second-order valence-electron chi connectivity index (χ2n) is 11.4. The minimum absolute atomic E-state index is 0.162. The van der Waals surface area contributed by atoms with Crippen LogP contribution in [0.4, 0.5) is 0 Å². The molecule has 10 rings (SSSR count). The molecule has 0 N–H and O–H groups in total. The van der Waals surface area contributed by atoms with Gasteiger partial charge in [0, 0.05) is 11.0 Å². The van der Waals surface area contributed by atoms with Crippen molar-refractivity contribution >= 4 is 53.9 Å². The predicted octanol–water partition coefficient (Wildman–Crippen LogP) is 13.3. The fraction of sp³-hybridized carbons (Fsp3) is 0.0833. The van der Waals surface area contributed by atoms with Gasteiger partial charge in [-0.1, -0.05) is 151 Å². The summed E-state index contributed by atoms with van der Waals surface area (Å²) in [6.45, 7) is 0. The van der Waals surface area contributed by atoms with Crippen LogP contribution >= 0.6 is 0 Å². The third-order valence-electron chi connectivity index (χ3n) is 8.91. The molecule has 226 valence electrons. The molecule has 0 aliphatic heterocycles. The molecule has 0 bridgehead atoms. The summed E-state index contributed by atoms with van der Waals surface area (Å²) in [7, 11) is 0. The van der Waals surface area contributed by atoms with Gasteiger partial charge < -0.3 is 0 Å². The Kier molecular flexibility index (Phi) is 2.97. The van der Waals surface area contributed by atoms with Gasteiger partial charge in [-0.25, -0.2) is 0 Å². The number of hydrogen-bond donors (Lipinski definition) is 0. The Morgan fingerprint density at radius 3 is 1.65 bits per heavy atom. The highest BCUT2D eigenvalue weighted by atomic mass is 14.3. The maximum Gasteiger partial charge on any atom is 0.0630 e. The van der Waals surface area contributed by atoms with Crippen LogP contribution in [0.3, 0.4) is 0 Å². The molecule has 0 saturated heterocycles. The first-order valence-corrected chi connectivity index (χ1v) is 15.1. The van der Waals surface area contributed by atoms with Crippen LogP contribution in [-0.2, 0) is 12.7 Å². The maximum absolute atomic E-state index is 9.79. The first-order chi connectivity index (χ1) is 33.1. The van der Waals surface area contributed by atoms with E-state index in [0.717, 1.165) is 26.9 Å². The zero-order valence-electron chi connectivity index (χ0n) is 47.9. The van der Waals surface area contributed by atoms with Gasteiger partial charge in [-0.2, -0.15) is 0 Å². The molecular formula is C48H34. The van der Waals surface area contributed by atoms with Gasteiger partial charge in [0.05, 0.1) is 20.6 Å². The van der Waals surface area contributed by atoms with E-state index in [2.05, 4.69) is 0 Å². The standard InChI is InChI=1S/C48H34/c1-2-12-31(13-3-1)36-28-29-45(38-17-7-6-16-37(36)38)48-43-20-10-8-18-41(43)47(42-19-9-11-21-44(42)48)34-23-22-33-25-26-39-35-15-5-4-14-32(35)24-27-40(39)46(33)30-34/h1-5,8-15,18-30H,6-7,16-17H2/i1D,2D,3D,6D2,7D2,8D,9D,10D,11D,12D,13D,16D2,17D2,18D,19D,20D,21D,28D,29D. The normalized spacial score (nSPS) is 24.1. The van der Waals surface area contributed by atoms with Crippen molar-refractivity contribution in [2.24, 2.45) is 0 Å². The lowest BCUT2D eigenvalue weighted by Gasteiger charge is -2.25. The van der Waals surface area contributed by atoms with Crippen molar-refractivity contribution in [1.29, 1.82) is 0 Å². The first-order valence-electron chi connectivity index (χ1n) is 26.6. The molecule has 0 heteroatoms. The second kappa shape index (κ2) is 10.9. The van der Waals surface area contributed by atoms with Gasteiger partial charge >= 0.3 is 0 Å². The Hall–Kier alpha value is -5.72.